The van der Waals surface area contributed by atoms with Crippen molar-refractivity contribution in [3.05, 3.63) is 36.3 Å². The van der Waals surface area contributed by atoms with Crippen LogP contribution in [0.15, 0.2) is 30.5 Å². The number of carbonyl (C=O) groups is 1. The molecule has 0 aliphatic carbocycles. The average Bonchev–Trinajstić information content (AvgIpc) is 2.85. The maximum Gasteiger partial charge on any atom is 0.231 e. The molecule has 6 nitrogen and oxygen atoms in total. The summed E-state index contributed by atoms with van der Waals surface area (Å²) in [6.07, 6.45) is 0.503. The molecule has 104 valence electrons. The third-order valence-corrected chi connectivity index (χ3v) is 3.39. The molecule has 1 saturated heterocycles. The van der Waals surface area contributed by atoms with E-state index >= 15 is 0 Å². The van der Waals surface area contributed by atoms with E-state index in [1.165, 1.54) is 16.8 Å². The third-order valence-electron chi connectivity index (χ3n) is 3.39. The Morgan fingerprint density at radius 1 is 1.40 bits per heavy atom. The Bertz CT molecular complexity index is 638. The summed E-state index contributed by atoms with van der Waals surface area (Å²) in [5, 5.41) is 20.2. The molecular formula is C13H13FN4O2. The standard InChI is InChI=1S/C13H13FN4O2/c1-7(19)11-12(15-13(11)20)18-6-10(16-17-18)8-2-4-9(14)5-3-8/h2-7,11-12,19H,1H3,(H,15,20)/t7-,11-,12-/m1/s1. The summed E-state index contributed by atoms with van der Waals surface area (Å²) >= 11 is 0. The van der Waals surface area contributed by atoms with Gasteiger partial charge in [-0.3, -0.25) is 4.79 Å². The summed E-state index contributed by atoms with van der Waals surface area (Å²) in [6, 6.07) is 5.90. The van der Waals surface area contributed by atoms with E-state index in [-0.39, 0.29) is 11.7 Å². The van der Waals surface area contributed by atoms with Gasteiger partial charge in [0.15, 0.2) is 0 Å². The number of nitrogens with one attached hydrogen (secondary N) is 1. The summed E-state index contributed by atoms with van der Waals surface area (Å²) in [5.74, 6) is -1.05. The van der Waals surface area contributed by atoms with Gasteiger partial charge in [0.1, 0.15) is 23.6 Å². The molecule has 0 bridgehead atoms. The largest absolute Gasteiger partial charge is 0.392 e. The zero-order valence-corrected chi connectivity index (χ0v) is 10.7. The molecule has 2 heterocycles. The van der Waals surface area contributed by atoms with Gasteiger partial charge in [0.2, 0.25) is 5.91 Å². The fraction of sp³-hybridized carbons (Fsp3) is 0.308. The Morgan fingerprint density at radius 3 is 2.70 bits per heavy atom. The first-order chi connectivity index (χ1) is 9.56. The number of β-lactam (4-membered cyclic amide) rings is 1. The van der Waals surface area contributed by atoms with Gasteiger partial charge < -0.3 is 10.4 Å². The lowest BCUT2D eigenvalue weighted by Gasteiger charge is -2.37. The second kappa shape index (κ2) is 4.68. The quantitative estimate of drug-likeness (QED) is 0.809. The van der Waals surface area contributed by atoms with Crippen LogP contribution in [0.3, 0.4) is 0 Å². The summed E-state index contributed by atoms with van der Waals surface area (Å²) in [4.78, 5) is 11.4. The Labute approximate surface area is 114 Å². The lowest BCUT2D eigenvalue weighted by Crippen LogP contribution is -2.58. The summed E-state index contributed by atoms with van der Waals surface area (Å²) in [5.41, 5.74) is 1.31. The molecular weight excluding hydrogens is 263 g/mol. The minimum Gasteiger partial charge on any atom is -0.392 e. The van der Waals surface area contributed by atoms with Crippen LogP contribution in [0.2, 0.25) is 0 Å². The second-order valence-corrected chi connectivity index (χ2v) is 4.81. The Balaban J connectivity index is 1.84. The molecule has 1 aromatic heterocycles. The van der Waals surface area contributed by atoms with Gasteiger partial charge in [0.05, 0.1) is 12.3 Å². The fourth-order valence-corrected chi connectivity index (χ4v) is 2.26. The molecule has 2 aromatic rings. The highest BCUT2D eigenvalue weighted by atomic mass is 19.1. The maximum atomic E-state index is 12.9. The third kappa shape index (κ3) is 2.05. The lowest BCUT2D eigenvalue weighted by atomic mass is 9.92. The van der Waals surface area contributed by atoms with Gasteiger partial charge in [0.25, 0.3) is 0 Å². The molecule has 20 heavy (non-hydrogen) atoms. The van der Waals surface area contributed by atoms with Gasteiger partial charge in [-0.1, -0.05) is 5.21 Å². The van der Waals surface area contributed by atoms with Crippen LogP contribution in [0.5, 0.6) is 0 Å². The predicted octanol–water partition coefficient (Wildman–Crippen LogP) is 0.710. The molecule has 0 spiro atoms. The molecule has 7 heteroatoms. The minimum absolute atomic E-state index is 0.205. The SMILES string of the molecule is C[C@@H](O)[C@H]1C(=O)N[C@@H]1n1cc(-c2ccc(F)cc2)nn1. The van der Waals surface area contributed by atoms with Gasteiger partial charge in [-0.2, -0.15) is 0 Å². The van der Waals surface area contributed by atoms with Crippen molar-refractivity contribution < 1.29 is 14.3 Å². The molecule has 1 aliphatic heterocycles. The number of amides is 1. The van der Waals surface area contributed by atoms with E-state index in [2.05, 4.69) is 15.6 Å². The fourth-order valence-electron chi connectivity index (χ4n) is 2.26. The Hall–Kier alpha value is -2.28. The van der Waals surface area contributed by atoms with Gasteiger partial charge >= 0.3 is 0 Å². The number of nitrogens with zero attached hydrogens (tertiary/aromatic N) is 3. The summed E-state index contributed by atoms with van der Waals surface area (Å²) in [6.45, 7) is 1.56. The van der Waals surface area contributed by atoms with Gasteiger partial charge in [0, 0.05) is 5.56 Å². The van der Waals surface area contributed by atoms with Crippen LogP contribution >= 0.6 is 0 Å². The van der Waals surface area contributed by atoms with Crippen molar-refractivity contribution >= 4 is 5.91 Å². The summed E-state index contributed by atoms with van der Waals surface area (Å²) in [7, 11) is 0. The van der Waals surface area contributed by atoms with Crippen molar-refractivity contribution in [2.45, 2.75) is 19.2 Å². The zero-order chi connectivity index (χ0) is 14.3. The number of hydrogen-bond acceptors (Lipinski definition) is 4. The van der Waals surface area contributed by atoms with Crippen molar-refractivity contribution in [2.75, 3.05) is 0 Å². The number of halogens is 1. The lowest BCUT2D eigenvalue weighted by molar-refractivity contribution is -0.145. The zero-order valence-electron chi connectivity index (χ0n) is 10.7. The number of aliphatic hydroxyl groups excluding tert-OH is 1. The van der Waals surface area contributed by atoms with Crippen LogP contribution < -0.4 is 5.32 Å². The minimum atomic E-state index is -0.757. The topological polar surface area (TPSA) is 80.0 Å². The van der Waals surface area contributed by atoms with Gasteiger partial charge in [-0.05, 0) is 31.2 Å². The molecule has 1 amide bonds. The van der Waals surface area contributed by atoms with Crippen LogP contribution in [-0.2, 0) is 4.79 Å². The van der Waals surface area contributed by atoms with E-state index in [0.717, 1.165) is 5.56 Å². The van der Waals surface area contributed by atoms with Crippen LogP contribution in [0, 0.1) is 11.7 Å². The van der Waals surface area contributed by atoms with Crippen LogP contribution in [-0.4, -0.2) is 32.1 Å². The number of aliphatic hydroxyl groups is 1. The van der Waals surface area contributed by atoms with Gasteiger partial charge in [-0.25, -0.2) is 9.07 Å². The number of rotatable bonds is 3. The van der Waals surface area contributed by atoms with E-state index in [1.54, 1.807) is 25.3 Å². The van der Waals surface area contributed by atoms with Gasteiger partial charge in [-0.15, -0.1) is 5.10 Å². The van der Waals surface area contributed by atoms with Crippen LogP contribution in [0.25, 0.3) is 11.3 Å². The molecule has 2 N–H and O–H groups in total. The Kier molecular flexibility index (Phi) is 2.98. The maximum absolute atomic E-state index is 12.9. The number of aromatic nitrogens is 3. The first kappa shape index (κ1) is 12.7. The first-order valence-electron chi connectivity index (χ1n) is 6.22. The molecule has 1 aliphatic rings. The highest BCUT2D eigenvalue weighted by Gasteiger charge is 2.44. The second-order valence-electron chi connectivity index (χ2n) is 4.81. The molecule has 3 rings (SSSR count). The van der Waals surface area contributed by atoms with Crippen LogP contribution in [0.4, 0.5) is 4.39 Å². The normalized spacial score (nSPS) is 23.1. The van der Waals surface area contributed by atoms with E-state index < -0.39 is 18.2 Å². The highest BCUT2D eigenvalue weighted by Crippen LogP contribution is 2.28. The van der Waals surface area contributed by atoms with E-state index in [4.69, 9.17) is 0 Å². The molecule has 1 aromatic carbocycles. The monoisotopic (exact) mass is 276 g/mol. The smallest absolute Gasteiger partial charge is 0.231 e. The van der Waals surface area contributed by atoms with Crippen molar-refractivity contribution in [3.63, 3.8) is 0 Å². The van der Waals surface area contributed by atoms with Crippen molar-refractivity contribution in [3.8, 4) is 11.3 Å². The van der Waals surface area contributed by atoms with E-state index in [1.807, 2.05) is 0 Å². The van der Waals surface area contributed by atoms with Crippen molar-refractivity contribution in [2.24, 2.45) is 5.92 Å². The number of hydrogen-bond donors (Lipinski definition) is 2. The molecule has 3 atom stereocenters. The number of benzene rings is 1. The predicted molar refractivity (Wildman–Crippen MR) is 67.8 cm³/mol. The first-order valence-corrected chi connectivity index (χ1v) is 6.22. The highest BCUT2D eigenvalue weighted by molar-refractivity contribution is 5.85. The van der Waals surface area contributed by atoms with E-state index in [9.17, 15) is 14.3 Å². The Morgan fingerprint density at radius 2 is 2.10 bits per heavy atom. The van der Waals surface area contributed by atoms with Crippen LogP contribution in [0.1, 0.15) is 13.1 Å². The van der Waals surface area contributed by atoms with Crippen molar-refractivity contribution in [1.82, 2.24) is 20.3 Å². The van der Waals surface area contributed by atoms with Crippen molar-refractivity contribution in [1.29, 1.82) is 0 Å². The summed E-state index contributed by atoms with van der Waals surface area (Å²) < 4.78 is 14.4. The molecule has 1 fully saturated rings. The molecule has 0 radical (unpaired) electrons. The number of carbonyl (C=O) groups excluding carboxylic acids is 1. The average molecular weight is 276 g/mol. The molecule has 0 saturated carbocycles. The molecule has 0 unspecified atom stereocenters. The van der Waals surface area contributed by atoms with E-state index in [0.29, 0.717) is 5.69 Å².